The third kappa shape index (κ3) is 7.46. The monoisotopic (exact) mass is 801 g/mol. The van der Waals surface area contributed by atoms with Gasteiger partial charge in [0.2, 0.25) is 11.8 Å². The van der Waals surface area contributed by atoms with E-state index in [0.717, 1.165) is 80.8 Å². The number of likely N-dealkylation sites (tertiary alicyclic amines) is 1. The molecule has 4 aliphatic heterocycles. The summed E-state index contributed by atoms with van der Waals surface area (Å²) in [6.07, 6.45) is 6.50. The number of nitrogens with one attached hydrogen (secondary N) is 3. The summed E-state index contributed by atoms with van der Waals surface area (Å²) in [4.78, 5) is 61.8. The number of hydrogen-bond donors (Lipinski definition) is 3. The zero-order valence-corrected chi connectivity index (χ0v) is 33.1. The van der Waals surface area contributed by atoms with Crippen molar-refractivity contribution in [2.75, 3.05) is 31.1 Å². The van der Waals surface area contributed by atoms with Crippen molar-refractivity contribution in [2.45, 2.75) is 58.5 Å². The van der Waals surface area contributed by atoms with Crippen LogP contribution in [0.5, 0.6) is 0 Å². The number of nitrogens with zero attached hydrogens (tertiary/aromatic N) is 6. The minimum absolute atomic E-state index is 0.0893. The van der Waals surface area contributed by atoms with Crippen LogP contribution in [0.4, 0.5) is 5.00 Å². The van der Waals surface area contributed by atoms with Gasteiger partial charge in [-0.2, -0.15) is 5.10 Å². The quantitative estimate of drug-likeness (QED) is 0.0988. The molecule has 6 heterocycles. The molecular formula is C42H40ClN9O4S. The molecule has 290 valence electrons. The van der Waals surface area contributed by atoms with E-state index in [9.17, 15) is 19.2 Å². The Bertz CT molecular complexity index is 2450. The summed E-state index contributed by atoms with van der Waals surface area (Å²) in [5.74, 6) is 5.51. The molecule has 3 N–H and O–H groups in total. The number of piperidine rings is 2. The number of aliphatic imine (C=N–C) groups is 1. The van der Waals surface area contributed by atoms with Crippen LogP contribution in [0.25, 0.3) is 0 Å². The second-order valence-corrected chi connectivity index (χ2v) is 16.2. The molecule has 57 heavy (non-hydrogen) atoms. The number of hydrogen-bond acceptors (Lipinski definition) is 10. The minimum Gasteiger partial charge on any atom is -0.301 e. The first kappa shape index (κ1) is 38.1. The fourth-order valence-electron chi connectivity index (χ4n) is 8.08. The first-order valence-corrected chi connectivity index (χ1v) is 20.1. The van der Waals surface area contributed by atoms with Gasteiger partial charge in [0.1, 0.15) is 22.7 Å². The molecule has 1 unspecified atom stereocenters. The summed E-state index contributed by atoms with van der Waals surface area (Å²) in [6.45, 7) is 7.16. The lowest BCUT2D eigenvalue weighted by Crippen LogP contribution is -2.54. The maximum absolute atomic E-state index is 13.6. The van der Waals surface area contributed by atoms with Crippen LogP contribution in [-0.4, -0.2) is 92.8 Å². The SMILES string of the molecule is CC(=N)N1C(=N)CN=C(c2ccc(Cl)cc2)c2c1sc(C#Cc1cnn(CCN3CCC(Cc4cccc5c4C(=O)N(C4CCC(=O)NC4=O)C5=O)CC3)c1)c2C. The minimum atomic E-state index is -0.976. The van der Waals surface area contributed by atoms with Crippen LogP contribution in [0, 0.1) is 35.5 Å². The molecule has 2 aromatic heterocycles. The van der Waals surface area contributed by atoms with E-state index in [1.165, 1.54) is 11.3 Å². The van der Waals surface area contributed by atoms with Crippen LogP contribution in [0.1, 0.15) is 86.0 Å². The number of rotatable bonds is 7. The number of carbonyl (C=O) groups is 4. The molecule has 2 aromatic carbocycles. The number of imide groups is 2. The first-order valence-electron chi connectivity index (χ1n) is 18.9. The Labute approximate surface area is 338 Å². The fraction of sp³-hybridized carbons (Fsp3) is 0.333. The van der Waals surface area contributed by atoms with Gasteiger partial charge in [0.15, 0.2) is 0 Å². The molecule has 15 heteroatoms. The Morgan fingerprint density at radius 3 is 2.51 bits per heavy atom. The normalized spacial score (nSPS) is 18.8. The Morgan fingerprint density at radius 1 is 1.00 bits per heavy atom. The topological polar surface area (TPSA) is 168 Å². The Morgan fingerprint density at radius 2 is 1.77 bits per heavy atom. The highest BCUT2D eigenvalue weighted by Crippen LogP contribution is 2.39. The average Bonchev–Trinajstić information content (AvgIpc) is 3.82. The number of thiophene rings is 1. The maximum Gasteiger partial charge on any atom is 0.262 e. The van der Waals surface area contributed by atoms with Crippen molar-refractivity contribution < 1.29 is 19.2 Å². The Hall–Kier alpha value is -5.75. The molecule has 13 nitrogen and oxygen atoms in total. The molecule has 2 fully saturated rings. The van der Waals surface area contributed by atoms with Crippen LogP contribution in [0.2, 0.25) is 5.02 Å². The summed E-state index contributed by atoms with van der Waals surface area (Å²) in [7, 11) is 0. The molecule has 0 aliphatic carbocycles. The molecule has 0 spiro atoms. The number of amides is 4. The molecule has 4 aromatic rings. The van der Waals surface area contributed by atoms with Crippen LogP contribution in [0.3, 0.4) is 0 Å². The Balaban J connectivity index is 0.891. The van der Waals surface area contributed by atoms with Crippen molar-refractivity contribution >= 4 is 69.0 Å². The molecule has 0 radical (unpaired) electrons. The third-order valence-corrected chi connectivity index (χ3v) is 12.5. The summed E-state index contributed by atoms with van der Waals surface area (Å²) in [5, 5.41) is 25.3. The highest BCUT2D eigenvalue weighted by molar-refractivity contribution is 7.17. The molecule has 0 saturated carbocycles. The fourth-order valence-corrected chi connectivity index (χ4v) is 9.45. The van der Waals surface area contributed by atoms with Crippen LogP contribution in [-0.2, 0) is 22.6 Å². The summed E-state index contributed by atoms with van der Waals surface area (Å²) < 4.78 is 1.91. The van der Waals surface area contributed by atoms with Crippen LogP contribution < -0.4 is 10.2 Å². The molecule has 4 aliphatic rings. The number of benzene rings is 2. The summed E-state index contributed by atoms with van der Waals surface area (Å²) in [6, 6.07) is 11.9. The van der Waals surface area contributed by atoms with Gasteiger partial charge in [0, 0.05) is 35.3 Å². The van der Waals surface area contributed by atoms with Crippen molar-refractivity contribution in [1.29, 1.82) is 10.8 Å². The van der Waals surface area contributed by atoms with Crippen molar-refractivity contribution in [1.82, 2.24) is 24.9 Å². The van der Waals surface area contributed by atoms with Crippen LogP contribution >= 0.6 is 22.9 Å². The van der Waals surface area contributed by atoms with Gasteiger partial charge in [-0.1, -0.05) is 47.7 Å². The second kappa shape index (κ2) is 15.7. The predicted molar refractivity (Wildman–Crippen MR) is 219 cm³/mol. The Kier molecular flexibility index (Phi) is 10.5. The smallest absolute Gasteiger partial charge is 0.262 e. The average molecular weight is 802 g/mol. The highest BCUT2D eigenvalue weighted by atomic mass is 35.5. The number of anilines is 1. The molecule has 2 saturated heterocycles. The zero-order chi connectivity index (χ0) is 40.0. The molecular weight excluding hydrogens is 762 g/mol. The van der Waals surface area contributed by atoms with Gasteiger partial charge in [-0.25, -0.2) is 0 Å². The lowest BCUT2D eigenvalue weighted by atomic mass is 9.87. The molecule has 1 atom stereocenters. The summed E-state index contributed by atoms with van der Waals surface area (Å²) in [5.41, 5.74) is 5.78. The van der Waals surface area contributed by atoms with Gasteiger partial charge in [-0.3, -0.25) is 54.8 Å². The maximum atomic E-state index is 13.6. The number of amidine groups is 2. The van der Waals surface area contributed by atoms with E-state index in [4.69, 9.17) is 27.4 Å². The van der Waals surface area contributed by atoms with E-state index in [0.29, 0.717) is 35.0 Å². The molecule has 4 amide bonds. The lowest BCUT2D eigenvalue weighted by molar-refractivity contribution is -0.136. The van der Waals surface area contributed by atoms with Gasteiger partial charge >= 0.3 is 0 Å². The number of carbonyl (C=O) groups excluding carboxylic acids is 4. The predicted octanol–water partition coefficient (Wildman–Crippen LogP) is 5.29. The van der Waals surface area contributed by atoms with E-state index in [1.54, 1.807) is 30.2 Å². The van der Waals surface area contributed by atoms with E-state index in [2.05, 4.69) is 27.2 Å². The third-order valence-electron chi connectivity index (χ3n) is 11.0. The standard InChI is InChI=1S/C42H40ClN9O4S/c1-24-33(57-42-36(24)38(28-7-9-30(43)10-8-28)46-22-34(45)51(42)25(2)44)12-6-27-21-47-50(23-27)19-18-49-16-14-26(15-17-49)20-29-4-3-5-31-37(29)41(56)52(40(31)55)32-11-13-35(53)48-39(32)54/h3-5,7-10,21,23,26,32,44-45H,11,13-20,22H2,1-2H3,(H,48,53,54). The highest BCUT2D eigenvalue weighted by Gasteiger charge is 2.45. The van der Waals surface area contributed by atoms with E-state index >= 15 is 0 Å². The van der Waals surface area contributed by atoms with E-state index < -0.39 is 29.7 Å². The van der Waals surface area contributed by atoms with Crippen molar-refractivity contribution in [2.24, 2.45) is 10.9 Å². The van der Waals surface area contributed by atoms with E-state index in [-0.39, 0.29) is 31.1 Å². The zero-order valence-electron chi connectivity index (χ0n) is 31.5. The van der Waals surface area contributed by atoms with Crippen molar-refractivity contribution in [3.05, 3.63) is 104 Å². The number of halogens is 1. The van der Waals surface area contributed by atoms with Gasteiger partial charge in [0.25, 0.3) is 11.8 Å². The summed E-state index contributed by atoms with van der Waals surface area (Å²) >= 11 is 7.63. The van der Waals surface area contributed by atoms with Gasteiger partial charge in [-0.05, 0) is 87.9 Å². The first-order chi connectivity index (χ1) is 27.5. The molecule has 0 bridgehead atoms. The van der Waals surface area contributed by atoms with Gasteiger partial charge in [0.05, 0.1) is 46.6 Å². The van der Waals surface area contributed by atoms with Gasteiger partial charge in [-0.15, -0.1) is 11.3 Å². The van der Waals surface area contributed by atoms with Crippen LogP contribution in [0.15, 0.2) is 59.9 Å². The van der Waals surface area contributed by atoms with Crippen molar-refractivity contribution in [3.63, 3.8) is 0 Å². The number of fused-ring (bicyclic) bond motifs is 2. The second-order valence-electron chi connectivity index (χ2n) is 14.8. The van der Waals surface area contributed by atoms with Crippen molar-refractivity contribution in [3.8, 4) is 11.8 Å². The van der Waals surface area contributed by atoms with Gasteiger partial charge < -0.3 is 4.90 Å². The lowest BCUT2D eigenvalue weighted by Gasteiger charge is -2.32. The number of aromatic nitrogens is 2. The molecule has 8 rings (SSSR count). The van der Waals surface area contributed by atoms with E-state index in [1.807, 2.05) is 48.1 Å². The largest absolute Gasteiger partial charge is 0.301 e.